The molecule has 0 atom stereocenters. The topological polar surface area (TPSA) is 32.3 Å². The van der Waals surface area contributed by atoms with Gasteiger partial charge >= 0.3 is 6.18 Å². The molecular weight excluding hydrogens is 353 g/mol. The molecule has 4 nitrogen and oxygen atoms in total. The predicted molar refractivity (Wildman–Crippen MR) is 99.9 cm³/mol. The zero-order valence-electron chi connectivity index (χ0n) is 15.6. The lowest BCUT2D eigenvalue weighted by atomic mass is 9.71. The fourth-order valence-electron chi connectivity index (χ4n) is 4.47. The number of benzene rings is 1. The zero-order chi connectivity index (χ0) is 19.1. The molecular formula is C20H25F3N4. The predicted octanol–water partition coefficient (Wildman–Crippen LogP) is 4.05. The summed E-state index contributed by atoms with van der Waals surface area (Å²) in [6.07, 6.45) is 1.14. The van der Waals surface area contributed by atoms with E-state index in [1.54, 1.807) is 12.1 Å². The van der Waals surface area contributed by atoms with E-state index in [4.69, 9.17) is 0 Å². The highest BCUT2D eigenvalue weighted by molar-refractivity contribution is 5.89. The Bertz CT molecular complexity index is 802. The Balaban J connectivity index is 1.52. The third-order valence-electron chi connectivity index (χ3n) is 6.26. The molecule has 0 N–H and O–H groups in total. The van der Waals surface area contributed by atoms with Crippen molar-refractivity contribution in [1.82, 2.24) is 14.9 Å². The van der Waals surface area contributed by atoms with Crippen LogP contribution in [0.2, 0.25) is 0 Å². The maximum Gasteiger partial charge on any atom is 0.393 e. The van der Waals surface area contributed by atoms with Gasteiger partial charge in [0.15, 0.2) is 0 Å². The molecule has 0 radical (unpaired) electrons. The minimum absolute atomic E-state index is 0.239. The van der Waals surface area contributed by atoms with Gasteiger partial charge in [-0.15, -0.1) is 0 Å². The minimum atomic E-state index is -4.21. The van der Waals surface area contributed by atoms with Crippen LogP contribution in [-0.2, 0) is 6.42 Å². The number of rotatable bonds is 2. The fourth-order valence-corrected chi connectivity index (χ4v) is 4.47. The van der Waals surface area contributed by atoms with E-state index in [1.165, 1.54) is 38.3 Å². The van der Waals surface area contributed by atoms with Gasteiger partial charge in [-0.25, -0.2) is 9.97 Å². The maximum atomic E-state index is 12.7. The van der Waals surface area contributed by atoms with Gasteiger partial charge < -0.3 is 9.80 Å². The quantitative estimate of drug-likeness (QED) is 0.789. The Labute approximate surface area is 157 Å². The maximum absolute atomic E-state index is 12.7. The molecule has 146 valence electrons. The normalized spacial score (nSPS) is 21.1. The lowest BCUT2D eigenvalue weighted by Crippen LogP contribution is -2.46. The molecule has 0 bridgehead atoms. The number of hydrogen-bond acceptors (Lipinski definition) is 4. The molecule has 2 aromatic rings. The standard InChI is InChI=1S/C20H25F3N4/c1-26-8-4-19(5-9-26)6-10-27(11-7-19)18-16-3-2-15(13-20(21,22)23)12-17(16)24-14-25-18/h2-3,12,14H,4-11,13H2,1H3. The molecule has 2 aliphatic rings. The SMILES string of the molecule is CN1CCC2(CC1)CCN(c1ncnc3cc(CC(F)(F)F)ccc13)CC2. The number of aromatic nitrogens is 2. The van der Waals surface area contributed by atoms with Gasteiger partial charge in [0.2, 0.25) is 0 Å². The van der Waals surface area contributed by atoms with Gasteiger partial charge in [0.05, 0.1) is 11.9 Å². The van der Waals surface area contributed by atoms with Gasteiger partial charge in [0.1, 0.15) is 12.1 Å². The van der Waals surface area contributed by atoms with Crippen LogP contribution in [0.15, 0.2) is 24.5 Å². The Morgan fingerprint density at radius 1 is 1.00 bits per heavy atom. The van der Waals surface area contributed by atoms with Crippen LogP contribution in [0.25, 0.3) is 10.9 Å². The van der Waals surface area contributed by atoms with Gasteiger partial charge in [0, 0.05) is 18.5 Å². The van der Waals surface area contributed by atoms with Gasteiger partial charge in [-0.05, 0) is 68.9 Å². The lowest BCUT2D eigenvalue weighted by molar-refractivity contribution is -0.127. The first-order valence-electron chi connectivity index (χ1n) is 9.58. The van der Waals surface area contributed by atoms with Gasteiger partial charge in [0.25, 0.3) is 0 Å². The average molecular weight is 378 g/mol. The Morgan fingerprint density at radius 2 is 1.67 bits per heavy atom. The second kappa shape index (κ2) is 6.93. The summed E-state index contributed by atoms with van der Waals surface area (Å²) in [5.74, 6) is 0.848. The Kier molecular flexibility index (Phi) is 4.74. The second-order valence-electron chi connectivity index (χ2n) is 8.13. The molecule has 0 unspecified atom stereocenters. The van der Waals surface area contributed by atoms with E-state index in [1.807, 2.05) is 0 Å². The average Bonchev–Trinajstić information content (AvgIpc) is 2.63. The summed E-state index contributed by atoms with van der Waals surface area (Å²) in [4.78, 5) is 13.3. The van der Waals surface area contributed by atoms with E-state index in [0.717, 1.165) is 37.1 Å². The molecule has 2 fully saturated rings. The second-order valence-corrected chi connectivity index (χ2v) is 8.13. The van der Waals surface area contributed by atoms with Crippen LogP contribution in [0.3, 0.4) is 0 Å². The van der Waals surface area contributed by atoms with Crippen LogP contribution < -0.4 is 4.90 Å². The van der Waals surface area contributed by atoms with Gasteiger partial charge in [-0.2, -0.15) is 13.2 Å². The number of piperidine rings is 2. The molecule has 1 spiro atoms. The molecule has 1 aromatic carbocycles. The summed E-state index contributed by atoms with van der Waals surface area (Å²) in [7, 11) is 2.18. The van der Waals surface area contributed by atoms with Crippen LogP contribution in [0.5, 0.6) is 0 Å². The van der Waals surface area contributed by atoms with Crippen LogP contribution >= 0.6 is 0 Å². The molecule has 0 saturated carbocycles. The highest BCUT2D eigenvalue weighted by Gasteiger charge is 2.37. The van der Waals surface area contributed by atoms with Crippen molar-refractivity contribution in [1.29, 1.82) is 0 Å². The molecule has 1 aromatic heterocycles. The van der Waals surface area contributed by atoms with E-state index in [-0.39, 0.29) is 5.56 Å². The molecule has 3 heterocycles. The highest BCUT2D eigenvalue weighted by Crippen LogP contribution is 2.42. The van der Waals surface area contributed by atoms with E-state index in [2.05, 4.69) is 26.8 Å². The number of nitrogens with zero attached hydrogens (tertiary/aromatic N) is 4. The van der Waals surface area contributed by atoms with E-state index >= 15 is 0 Å². The van der Waals surface area contributed by atoms with Crippen molar-refractivity contribution in [2.75, 3.05) is 38.1 Å². The fraction of sp³-hybridized carbons (Fsp3) is 0.600. The summed E-state index contributed by atoms with van der Waals surface area (Å²) in [5, 5.41) is 0.836. The van der Waals surface area contributed by atoms with Crippen molar-refractivity contribution in [2.24, 2.45) is 5.41 Å². The van der Waals surface area contributed by atoms with Crippen molar-refractivity contribution in [3.63, 3.8) is 0 Å². The van der Waals surface area contributed by atoms with Crippen LogP contribution in [-0.4, -0.2) is 54.3 Å². The Morgan fingerprint density at radius 3 is 2.33 bits per heavy atom. The first kappa shape index (κ1) is 18.5. The molecule has 7 heteroatoms. The van der Waals surface area contributed by atoms with Crippen LogP contribution in [0.4, 0.5) is 19.0 Å². The molecule has 27 heavy (non-hydrogen) atoms. The zero-order valence-corrected chi connectivity index (χ0v) is 15.6. The number of likely N-dealkylation sites (tertiary alicyclic amines) is 1. The number of halogens is 3. The smallest absolute Gasteiger partial charge is 0.356 e. The molecule has 0 amide bonds. The highest BCUT2D eigenvalue weighted by atomic mass is 19.4. The third-order valence-corrected chi connectivity index (χ3v) is 6.26. The van der Waals surface area contributed by atoms with Gasteiger partial charge in [-0.1, -0.05) is 6.07 Å². The van der Waals surface area contributed by atoms with Crippen molar-refractivity contribution in [2.45, 2.75) is 38.3 Å². The monoisotopic (exact) mass is 378 g/mol. The summed E-state index contributed by atoms with van der Waals surface area (Å²) in [6, 6.07) is 4.83. The molecule has 0 aliphatic carbocycles. The number of anilines is 1. The summed E-state index contributed by atoms with van der Waals surface area (Å²) in [6.45, 7) is 4.22. The molecule has 2 aliphatic heterocycles. The first-order chi connectivity index (χ1) is 12.8. The number of fused-ring (bicyclic) bond motifs is 1. The number of hydrogen-bond donors (Lipinski definition) is 0. The molecule has 2 saturated heterocycles. The van der Waals surface area contributed by atoms with Crippen molar-refractivity contribution >= 4 is 16.7 Å². The van der Waals surface area contributed by atoms with E-state index < -0.39 is 12.6 Å². The van der Waals surface area contributed by atoms with E-state index in [0.29, 0.717) is 10.9 Å². The van der Waals surface area contributed by atoms with Crippen molar-refractivity contribution < 1.29 is 13.2 Å². The van der Waals surface area contributed by atoms with E-state index in [9.17, 15) is 13.2 Å². The van der Waals surface area contributed by atoms with Gasteiger partial charge in [-0.3, -0.25) is 0 Å². The third kappa shape index (κ3) is 4.03. The van der Waals surface area contributed by atoms with Crippen molar-refractivity contribution in [3.05, 3.63) is 30.1 Å². The molecule has 4 rings (SSSR count). The van der Waals surface area contributed by atoms with Crippen LogP contribution in [0.1, 0.15) is 31.2 Å². The van der Waals surface area contributed by atoms with Crippen LogP contribution in [0, 0.1) is 5.41 Å². The summed E-state index contributed by atoms with van der Waals surface area (Å²) in [5.41, 5.74) is 1.27. The number of alkyl halides is 3. The summed E-state index contributed by atoms with van der Waals surface area (Å²) >= 11 is 0. The largest absolute Gasteiger partial charge is 0.393 e. The summed E-state index contributed by atoms with van der Waals surface area (Å²) < 4.78 is 38.0. The first-order valence-corrected chi connectivity index (χ1v) is 9.58. The Hall–Kier alpha value is -1.89. The van der Waals surface area contributed by atoms with Crippen molar-refractivity contribution in [3.8, 4) is 0 Å². The lowest BCUT2D eigenvalue weighted by Gasteiger charge is -2.46. The minimum Gasteiger partial charge on any atom is -0.356 e.